The molecule has 2 atom stereocenters. The molecule has 208 valence electrons. The lowest BCUT2D eigenvalue weighted by Gasteiger charge is -2.33. The Kier molecular flexibility index (Phi) is 10.4. The molecule has 0 bridgehead atoms. The molecule has 0 aromatic heterocycles. The predicted octanol–water partition coefficient (Wildman–Crippen LogP) is 4.48. The molecule has 3 aromatic carbocycles. The van der Waals surface area contributed by atoms with Crippen LogP contribution in [0.25, 0.3) is 0 Å². The number of rotatable bonds is 12. The highest BCUT2D eigenvalue weighted by atomic mass is 32.2. The van der Waals surface area contributed by atoms with Crippen LogP contribution in [0.5, 0.6) is 0 Å². The number of benzene rings is 3. The van der Waals surface area contributed by atoms with Gasteiger partial charge in [0.1, 0.15) is 6.04 Å². The van der Waals surface area contributed by atoms with E-state index in [0.29, 0.717) is 6.42 Å². The molecule has 0 radical (unpaired) electrons. The maximum absolute atomic E-state index is 13.9. The largest absolute Gasteiger partial charge is 0.352 e. The van der Waals surface area contributed by atoms with E-state index in [9.17, 15) is 18.0 Å². The second-order valence-electron chi connectivity index (χ2n) is 10.1. The molecule has 0 saturated carbocycles. The van der Waals surface area contributed by atoms with Gasteiger partial charge in [0.25, 0.3) is 0 Å². The van der Waals surface area contributed by atoms with Crippen molar-refractivity contribution in [3.8, 4) is 0 Å². The van der Waals surface area contributed by atoms with Crippen LogP contribution in [0.2, 0.25) is 0 Å². The molecular weight excluding hydrogens is 510 g/mol. The number of likely N-dealkylation sites (N-methyl/N-ethyl adjacent to an activating group) is 1. The molecule has 3 rings (SSSR count). The summed E-state index contributed by atoms with van der Waals surface area (Å²) in [7, 11) is -2.51. The molecule has 3 aromatic rings. The third-order valence-corrected chi connectivity index (χ3v) is 8.61. The molecule has 39 heavy (non-hydrogen) atoms. The monoisotopic (exact) mass is 549 g/mol. The van der Waals surface area contributed by atoms with Crippen LogP contribution < -0.4 is 5.32 Å². The van der Waals surface area contributed by atoms with Crippen molar-refractivity contribution in [3.63, 3.8) is 0 Å². The summed E-state index contributed by atoms with van der Waals surface area (Å²) >= 11 is 0. The van der Waals surface area contributed by atoms with Gasteiger partial charge >= 0.3 is 0 Å². The SMILES string of the molecule is CC[C@H](C)NC(=O)[C@@H](Cc1ccccc1)N(Cc1cccc(C)c1)C(=O)CN(C)S(=O)(=O)c1ccc(C)cc1. The van der Waals surface area contributed by atoms with Crippen LogP contribution in [0.15, 0.2) is 83.8 Å². The van der Waals surface area contributed by atoms with Crippen molar-refractivity contribution in [2.24, 2.45) is 0 Å². The molecule has 0 aliphatic heterocycles. The minimum atomic E-state index is -3.91. The van der Waals surface area contributed by atoms with E-state index in [2.05, 4.69) is 5.32 Å². The summed E-state index contributed by atoms with van der Waals surface area (Å²) in [5, 5.41) is 3.03. The number of hydrogen-bond donors (Lipinski definition) is 1. The molecule has 7 nitrogen and oxygen atoms in total. The van der Waals surface area contributed by atoms with E-state index in [0.717, 1.165) is 33.0 Å². The van der Waals surface area contributed by atoms with Gasteiger partial charge in [-0.1, -0.05) is 84.8 Å². The lowest BCUT2D eigenvalue weighted by Crippen LogP contribution is -2.54. The second kappa shape index (κ2) is 13.5. The van der Waals surface area contributed by atoms with Crippen LogP contribution in [0.3, 0.4) is 0 Å². The Hall–Kier alpha value is -3.49. The van der Waals surface area contributed by atoms with E-state index in [-0.39, 0.29) is 23.4 Å². The van der Waals surface area contributed by atoms with Gasteiger partial charge in [0, 0.05) is 26.1 Å². The Balaban J connectivity index is 1.98. The number of sulfonamides is 1. The summed E-state index contributed by atoms with van der Waals surface area (Å²) in [5.74, 6) is -0.715. The fourth-order valence-electron chi connectivity index (χ4n) is 4.26. The summed E-state index contributed by atoms with van der Waals surface area (Å²) in [6, 6.07) is 22.9. The average Bonchev–Trinajstić information content (AvgIpc) is 2.91. The summed E-state index contributed by atoms with van der Waals surface area (Å²) in [6.07, 6.45) is 1.04. The molecule has 0 aliphatic carbocycles. The number of hydrogen-bond acceptors (Lipinski definition) is 4. The average molecular weight is 550 g/mol. The minimum Gasteiger partial charge on any atom is -0.352 e. The maximum Gasteiger partial charge on any atom is 0.243 e. The van der Waals surface area contributed by atoms with E-state index in [1.165, 1.54) is 24.1 Å². The van der Waals surface area contributed by atoms with E-state index in [1.807, 2.05) is 82.3 Å². The molecule has 0 fully saturated rings. The zero-order chi connectivity index (χ0) is 28.6. The third kappa shape index (κ3) is 8.25. The summed E-state index contributed by atoms with van der Waals surface area (Å²) in [4.78, 5) is 29.2. The smallest absolute Gasteiger partial charge is 0.243 e. The number of nitrogens with zero attached hydrogens (tertiary/aromatic N) is 2. The van der Waals surface area contributed by atoms with Crippen LogP contribution in [-0.2, 0) is 32.6 Å². The molecule has 1 N–H and O–H groups in total. The normalized spacial score (nSPS) is 13.1. The van der Waals surface area contributed by atoms with Crippen molar-refractivity contribution < 1.29 is 18.0 Å². The van der Waals surface area contributed by atoms with Gasteiger partial charge in [-0.15, -0.1) is 0 Å². The Morgan fingerprint density at radius 1 is 0.872 bits per heavy atom. The van der Waals surface area contributed by atoms with Crippen molar-refractivity contribution in [2.45, 2.75) is 64.1 Å². The highest BCUT2D eigenvalue weighted by Gasteiger charge is 2.33. The molecule has 0 saturated heterocycles. The van der Waals surface area contributed by atoms with Crippen molar-refractivity contribution in [1.82, 2.24) is 14.5 Å². The fourth-order valence-corrected chi connectivity index (χ4v) is 5.38. The predicted molar refractivity (Wildman–Crippen MR) is 155 cm³/mol. The Morgan fingerprint density at radius 3 is 2.13 bits per heavy atom. The van der Waals surface area contributed by atoms with E-state index < -0.39 is 28.5 Å². The van der Waals surface area contributed by atoms with Gasteiger partial charge in [-0.2, -0.15) is 4.31 Å². The third-order valence-electron chi connectivity index (χ3n) is 6.79. The van der Waals surface area contributed by atoms with E-state index >= 15 is 0 Å². The van der Waals surface area contributed by atoms with Crippen LogP contribution in [0.1, 0.15) is 42.5 Å². The number of carbonyl (C=O) groups excluding carboxylic acids is 2. The maximum atomic E-state index is 13.9. The minimum absolute atomic E-state index is 0.0729. The Labute approximate surface area is 232 Å². The first-order valence-corrected chi connectivity index (χ1v) is 14.7. The zero-order valence-corrected chi connectivity index (χ0v) is 24.2. The van der Waals surface area contributed by atoms with Crippen molar-refractivity contribution in [1.29, 1.82) is 0 Å². The van der Waals surface area contributed by atoms with E-state index in [1.54, 1.807) is 12.1 Å². The summed E-state index contributed by atoms with van der Waals surface area (Å²) in [5.41, 5.74) is 3.74. The van der Waals surface area contributed by atoms with Crippen LogP contribution in [0, 0.1) is 13.8 Å². The molecule has 2 amide bonds. The first-order valence-electron chi connectivity index (χ1n) is 13.2. The molecule has 0 heterocycles. The molecular formula is C31H39N3O4S. The zero-order valence-electron chi connectivity index (χ0n) is 23.4. The van der Waals surface area contributed by atoms with Gasteiger partial charge in [0.05, 0.1) is 11.4 Å². The van der Waals surface area contributed by atoms with Gasteiger partial charge in [-0.25, -0.2) is 8.42 Å². The van der Waals surface area contributed by atoms with Crippen LogP contribution in [0.4, 0.5) is 0 Å². The number of carbonyl (C=O) groups is 2. The van der Waals surface area contributed by atoms with Gasteiger partial charge in [0.15, 0.2) is 0 Å². The van der Waals surface area contributed by atoms with E-state index in [4.69, 9.17) is 0 Å². The molecule has 0 spiro atoms. The highest BCUT2D eigenvalue weighted by molar-refractivity contribution is 7.89. The van der Waals surface area contributed by atoms with Crippen LogP contribution in [-0.4, -0.2) is 55.1 Å². The summed E-state index contributed by atoms with van der Waals surface area (Å²) < 4.78 is 27.6. The van der Waals surface area contributed by atoms with Gasteiger partial charge < -0.3 is 10.2 Å². The number of amides is 2. The Bertz CT molecular complexity index is 1360. The molecule has 8 heteroatoms. The van der Waals surface area contributed by atoms with Gasteiger partial charge in [-0.05, 0) is 50.5 Å². The van der Waals surface area contributed by atoms with Crippen molar-refractivity contribution >= 4 is 21.8 Å². The quantitative estimate of drug-likeness (QED) is 0.361. The molecule has 0 unspecified atom stereocenters. The highest BCUT2D eigenvalue weighted by Crippen LogP contribution is 2.19. The second-order valence-corrected chi connectivity index (χ2v) is 12.2. The lowest BCUT2D eigenvalue weighted by atomic mass is 10.0. The fraction of sp³-hybridized carbons (Fsp3) is 0.355. The Morgan fingerprint density at radius 2 is 1.51 bits per heavy atom. The van der Waals surface area contributed by atoms with Crippen molar-refractivity contribution in [2.75, 3.05) is 13.6 Å². The first kappa shape index (κ1) is 30.1. The van der Waals surface area contributed by atoms with Crippen LogP contribution >= 0.6 is 0 Å². The van der Waals surface area contributed by atoms with Crippen molar-refractivity contribution in [3.05, 3.63) is 101 Å². The summed E-state index contributed by atoms with van der Waals surface area (Å²) in [6.45, 7) is 7.52. The molecule has 0 aliphatic rings. The van der Waals surface area contributed by atoms with Gasteiger partial charge in [-0.3, -0.25) is 9.59 Å². The van der Waals surface area contributed by atoms with Gasteiger partial charge in [0.2, 0.25) is 21.8 Å². The first-order chi connectivity index (χ1) is 18.5. The lowest BCUT2D eigenvalue weighted by molar-refractivity contribution is -0.141. The standard InChI is InChI=1S/C31H39N3O4S/c1-6-25(4)32-31(36)29(20-26-12-8-7-9-13-26)34(21-27-14-10-11-24(3)19-27)30(35)22-33(5)39(37,38)28-17-15-23(2)16-18-28/h7-19,25,29H,6,20-22H2,1-5H3,(H,32,36)/t25-,29+/m0/s1. The topological polar surface area (TPSA) is 86.8 Å². The number of nitrogens with one attached hydrogen (secondary N) is 1. The number of aryl methyl sites for hydroxylation is 2.